The van der Waals surface area contributed by atoms with Crippen LogP contribution in [0.3, 0.4) is 0 Å². The second kappa shape index (κ2) is 11.9. The number of anilines is 1. The molecule has 3 aliphatic rings. The second-order valence-electron chi connectivity index (χ2n) is 11.9. The number of aliphatic hydroxyl groups is 1. The number of likely N-dealkylation sites (tertiary alicyclic amines) is 1. The van der Waals surface area contributed by atoms with Crippen molar-refractivity contribution in [2.45, 2.75) is 56.9 Å². The Morgan fingerprint density at radius 3 is 2.56 bits per heavy atom. The summed E-state index contributed by atoms with van der Waals surface area (Å²) >= 11 is 6.67. The molecule has 3 fully saturated rings. The predicted molar refractivity (Wildman–Crippen MR) is 164 cm³/mol. The molecule has 2 aromatic rings. The van der Waals surface area contributed by atoms with E-state index in [0.29, 0.717) is 29.1 Å². The second-order valence-corrected chi connectivity index (χ2v) is 12.4. The first-order chi connectivity index (χ1) is 20.6. The number of hydrogen-bond acceptors (Lipinski definition) is 6. The Bertz CT molecular complexity index is 1410. The highest BCUT2D eigenvalue weighted by molar-refractivity contribution is 6.34. The van der Waals surface area contributed by atoms with Crippen molar-refractivity contribution < 1.29 is 29.0 Å². The Labute approximate surface area is 257 Å². The molecule has 1 spiro atoms. The molecule has 228 valence electrons. The highest BCUT2D eigenvalue weighted by atomic mass is 35.5. The lowest BCUT2D eigenvalue weighted by Crippen LogP contribution is -2.57. The minimum atomic E-state index is -1.33. The van der Waals surface area contributed by atoms with E-state index in [4.69, 9.17) is 21.1 Å². The zero-order valence-electron chi connectivity index (χ0n) is 24.9. The van der Waals surface area contributed by atoms with Gasteiger partial charge >= 0.3 is 5.97 Å². The first kappa shape index (κ1) is 31.0. The van der Waals surface area contributed by atoms with E-state index in [2.05, 4.69) is 13.2 Å². The van der Waals surface area contributed by atoms with Gasteiger partial charge in [0.25, 0.3) is 5.91 Å². The van der Waals surface area contributed by atoms with E-state index < -0.39 is 59.5 Å². The summed E-state index contributed by atoms with van der Waals surface area (Å²) in [6.07, 6.45) is 4.11. The number of carbonyl (C=O) groups excluding carboxylic acids is 3. The normalized spacial score (nSPS) is 29.7. The third kappa shape index (κ3) is 4.80. The highest BCUT2D eigenvalue weighted by Gasteiger charge is 2.81. The minimum absolute atomic E-state index is 0.123. The van der Waals surface area contributed by atoms with Crippen molar-refractivity contribution in [3.8, 4) is 0 Å². The van der Waals surface area contributed by atoms with Gasteiger partial charge in [-0.15, -0.1) is 13.2 Å². The van der Waals surface area contributed by atoms with Crippen LogP contribution in [-0.4, -0.2) is 64.8 Å². The van der Waals surface area contributed by atoms with Crippen molar-refractivity contribution >= 4 is 35.1 Å². The fourth-order valence-corrected chi connectivity index (χ4v) is 7.87. The fraction of sp³-hybridized carbons (Fsp3) is 0.441. The van der Waals surface area contributed by atoms with E-state index in [-0.39, 0.29) is 19.1 Å². The quantitative estimate of drug-likeness (QED) is 0.219. The number of fused-ring (bicyclic) bond motifs is 1. The van der Waals surface area contributed by atoms with E-state index >= 15 is 4.79 Å². The summed E-state index contributed by atoms with van der Waals surface area (Å²) in [5.74, 6) is -3.44. The Hall–Kier alpha value is -3.46. The lowest BCUT2D eigenvalue weighted by molar-refractivity contribution is -0.162. The molecule has 2 amide bonds. The third-order valence-corrected chi connectivity index (χ3v) is 9.84. The smallest absolute Gasteiger partial charge is 0.312 e. The zero-order valence-corrected chi connectivity index (χ0v) is 25.6. The number of hydrogen-bond donors (Lipinski definition) is 1. The summed E-state index contributed by atoms with van der Waals surface area (Å²) in [5.41, 5.74) is -0.415. The van der Waals surface area contributed by atoms with Crippen LogP contribution in [0.5, 0.6) is 0 Å². The summed E-state index contributed by atoms with van der Waals surface area (Å²) in [6.45, 7) is 13.1. The molecule has 3 heterocycles. The molecule has 3 aliphatic heterocycles. The van der Waals surface area contributed by atoms with Crippen LogP contribution in [0.15, 0.2) is 73.8 Å². The first-order valence-corrected chi connectivity index (χ1v) is 15.1. The Morgan fingerprint density at radius 1 is 1.21 bits per heavy atom. The maximum absolute atomic E-state index is 15.0. The number of rotatable bonds is 11. The maximum atomic E-state index is 15.0. The van der Waals surface area contributed by atoms with E-state index in [1.807, 2.05) is 63.2 Å². The third-order valence-electron chi connectivity index (χ3n) is 9.54. The zero-order chi connectivity index (χ0) is 31.1. The lowest BCUT2D eigenvalue weighted by atomic mass is 9.62. The van der Waals surface area contributed by atoms with Crippen LogP contribution in [0, 0.1) is 24.7 Å². The molecule has 0 saturated carbocycles. The summed E-state index contributed by atoms with van der Waals surface area (Å²) < 4.78 is 12.5. The van der Waals surface area contributed by atoms with Crippen LogP contribution < -0.4 is 4.90 Å². The molecule has 2 bridgehead atoms. The van der Waals surface area contributed by atoms with Gasteiger partial charge in [-0.25, -0.2) is 0 Å². The Kier molecular flexibility index (Phi) is 8.58. The average molecular weight is 607 g/mol. The first-order valence-electron chi connectivity index (χ1n) is 14.7. The van der Waals surface area contributed by atoms with Gasteiger partial charge in [0.2, 0.25) is 5.91 Å². The van der Waals surface area contributed by atoms with Crippen molar-refractivity contribution in [3.63, 3.8) is 0 Å². The van der Waals surface area contributed by atoms with Crippen molar-refractivity contribution in [1.29, 1.82) is 0 Å². The van der Waals surface area contributed by atoms with Crippen molar-refractivity contribution in [1.82, 2.24) is 4.90 Å². The van der Waals surface area contributed by atoms with Crippen LogP contribution in [0.4, 0.5) is 5.69 Å². The SMILES string of the molecule is C=CCCOC(=O)[C@H]1[C@H]2C(=O)N([C@H](CO)c3ccccc3)C(C(=O)N(CC=C)c3c(C)cccc3Cl)C23CC(C)[C@]1(C)O3. The number of halogens is 1. The summed E-state index contributed by atoms with van der Waals surface area (Å²) in [6, 6.07) is 12.5. The van der Waals surface area contributed by atoms with Gasteiger partial charge in [-0.2, -0.15) is 0 Å². The lowest BCUT2D eigenvalue weighted by Gasteiger charge is -2.40. The van der Waals surface area contributed by atoms with Crippen LogP contribution in [0.1, 0.15) is 43.9 Å². The van der Waals surface area contributed by atoms with Gasteiger partial charge in [0.05, 0.1) is 41.5 Å². The molecule has 43 heavy (non-hydrogen) atoms. The van der Waals surface area contributed by atoms with Crippen LogP contribution in [0.25, 0.3) is 0 Å². The van der Waals surface area contributed by atoms with Crippen LogP contribution in [-0.2, 0) is 23.9 Å². The van der Waals surface area contributed by atoms with Gasteiger partial charge in [0.15, 0.2) is 0 Å². The summed E-state index contributed by atoms with van der Waals surface area (Å²) in [7, 11) is 0. The molecular formula is C34H39ClN2O6. The van der Waals surface area contributed by atoms with Gasteiger partial charge in [-0.05, 0) is 49.8 Å². The number of para-hydroxylation sites is 1. The molecule has 8 nitrogen and oxygen atoms in total. The molecule has 2 aromatic carbocycles. The molecule has 1 N–H and O–H groups in total. The van der Waals surface area contributed by atoms with Gasteiger partial charge in [-0.3, -0.25) is 14.4 Å². The molecule has 0 aliphatic carbocycles. The number of amides is 2. The summed E-state index contributed by atoms with van der Waals surface area (Å²) in [4.78, 5) is 46.4. The molecular weight excluding hydrogens is 568 g/mol. The number of carbonyl (C=O) groups is 3. The highest BCUT2D eigenvalue weighted by Crippen LogP contribution is 2.66. The van der Waals surface area contributed by atoms with Crippen LogP contribution >= 0.6 is 11.6 Å². The Balaban J connectivity index is 1.69. The molecule has 3 saturated heterocycles. The van der Waals surface area contributed by atoms with E-state index in [9.17, 15) is 14.7 Å². The van der Waals surface area contributed by atoms with Gasteiger partial charge < -0.3 is 24.4 Å². The molecule has 5 rings (SSSR count). The largest absolute Gasteiger partial charge is 0.465 e. The number of ether oxygens (including phenoxy) is 2. The summed E-state index contributed by atoms with van der Waals surface area (Å²) in [5, 5.41) is 11.1. The van der Waals surface area contributed by atoms with Crippen molar-refractivity contribution in [3.05, 3.63) is 90.0 Å². The van der Waals surface area contributed by atoms with E-state index in [1.165, 1.54) is 9.80 Å². The van der Waals surface area contributed by atoms with E-state index in [1.54, 1.807) is 18.2 Å². The number of aryl methyl sites for hydroxylation is 1. The monoisotopic (exact) mass is 606 g/mol. The number of benzene rings is 2. The predicted octanol–water partition coefficient (Wildman–Crippen LogP) is 5.03. The van der Waals surface area contributed by atoms with Gasteiger partial charge in [0.1, 0.15) is 17.6 Å². The maximum Gasteiger partial charge on any atom is 0.312 e. The fourth-order valence-electron chi connectivity index (χ4n) is 7.55. The van der Waals surface area contributed by atoms with Crippen molar-refractivity contribution in [2.75, 3.05) is 24.7 Å². The molecule has 3 unspecified atom stereocenters. The standard InChI is InChI=1S/C34H39ClN2O6/c1-6-8-18-42-32(41)27-26-30(39)37(25(20-38)23-14-10-9-11-15-23)29(34(26)19-22(4)33(27,5)43-34)31(40)36(17-7-2)28-21(3)13-12-16-24(28)35/h6-7,9-16,22,25-27,29,38H,1-2,8,17-20H2,3-5H3/t22?,25-,26+,27-,29?,33+,34?/m1/s1. The van der Waals surface area contributed by atoms with Gasteiger partial charge in [0, 0.05) is 6.54 Å². The number of nitrogens with zero attached hydrogens (tertiary/aromatic N) is 2. The van der Waals surface area contributed by atoms with Crippen molar-refractivity contribution in [2.24, 2.45) is 17.8 Å². The van der Waals surface area contributed by atoms with Gasteiger partial charge in [-0.1, -0.05) is 73.1 Å². The minimum Gasteiger partial charge on any atom is -0.465 e. The molecule has 0 radical (unpaired) electrons. The van der Waals surface area contributed by atoms with Crippen LogP contribution in [0.2, 0.25) is 5.02 Å². The Morgan fingerprint density at radius 2 is 1.93 bits per heavy atom. The molecule has 0 aromatic heterocycles. The molecule has 7 atom stereocenters. The molecule has 9 heteroatoms. The number of esters is 1. The van der Waals surface area contributed by atoms with E-state index in [0.717, 1.165) is 5.56 Å². The number of aliphatic hydroxyl groups excluding tert-OH is 1. The topological polar surface area (TPSA) is 96.4 Å². The average Bonchev–Trinajstić information content (AvgIpc) is 3.50.